The van der Waals surface area contributed by atoms with Crippen LogP contribution in [-0.2, 0) is 10.0 Å². The summed E-state index contributed by atoms with van der Waals surface area (Å²) in [6, 6.07) is 11.0. The number of benzene rings is 2. The van der Waals surface area contributed by atoms with Crippen molar-refractivity contribution in [2.75, 3.05) is 13.7 Å². The number of sulfonamides is 1. The number of carbonyl (C=O) groups is 1. The van der Waals surface area contributed by atoms with Gasteiger partial charge < -0.3 is 14.8 Å². The first-order valence-corrected chi connectivity index (χ1v) is 11.9. The molecule has 0 spiro atoms. The molecular formula is C23H32N2O5S. The Morgan fingerprint density at radius 3 is 2.29 bits per heavy atom. The highest BCUT2D eigenvalue weighted by Crippen LogP contribution is 2.30. The molecule has 0 saturated heterocycles. The Kier molecular flexibility index (Phi) is 8.88. The standard InChI is InChI=1S/C23H32N2O5S/c1-6-14-30-21-13-10-19(15-22(21)29-5)17(4)24-23(26)18-8-11-20(12-9-18)31(27,28)25-16(3)7-2/h8-13,15-17,25H,6-7,14H2,1-5H3,(H,24,26). The molecule has 0 aromatic heterocycles. The monoisotopic (exact) mass is 448 g/mol. The first-order chi connectivity index (χ1) is 14.7. The third-order valence-electron chi connectivity index (χ3n) is 4.89. The maximum atomic E-state index is 12.6. The van der Waals surface area contributed by atoms with E-state index in [1.54, 1.807) is 14.0 Å². The molecule has 2 rings (SSSR count). The molecule has 170 valence electrons. The van der Waals surface area contributed by atoms with Gasteiger partial charge in [-0.05, 0) is 68.7 Å². The van der Waals surface area contributed by atoms with Gasteiger partial charge in [0.05, 0.1) is 24.7 Å². The third kappa shape index (κ3) is 6.70. The predicted molar refractivity (Wildman–Crippen MR) is 121 cm³/mol. The van der Waals surface area contributed by atoms with Gasteiger partial charge in [0, 0.05) is 11.6 Å². The minimum absolute atomic E-state index is 0.129. The number of nitrogens with one attached hydrogen (secondary N) is 2. The van der Waals surface area contributed by atoms with Gasteiger partial charge in [-0.25, -0.2) is 13.1 Å². The van der Waals surface area contributed by atoms with Crippen molar-refractivity contribution in [3.05, 3.63) is 53.6 Å². The molecule has 0 fully saturated rings. The summed E-state index contributed by atoms with van der Waals surface area (Å²) < 4.78 is 38.4. The zero-order chi connectivity index (χ0) is 23.0. The minimum Gasteiger partial charge on any atom is -0.493 e. The number of carbonyl (C=O) groups excluding carboxylic acids is 1. The largest absolute Gasteiger partial charge is 0.493 e. The van der Waals surface area contributed by atoms with Gasteiger partial charge >= 0.3 is 0 Å². The number of amides is 1. The smallest absolute Gasteiger partial charge is 0.251 e. The maximum Gasteiger partial charge on any atom is 0.251 e. The van der Waals surface area contributed by atoms with Crippen LogP contribution in [0.5, 0.6) is 11.5 Å². The van der Waals surface area contributed by atoms with E-state index in [2.05, 4.69) is 10.0 Å². The van der Waals surface area contributed by atoms with Crippen molar-refractivity contribution >= 4 is 15.9 Å². The fourth-order valence-electron chi connectivity index (χ4n) is 2.85. The molecule has 2 unspecified atom stereocenters. The van der Waals surface area contributed by atoms with Crippen molar-refractivity contribution in [3.8, 4) is 11.5 Å². The lowest BCUT2D eigenvalue weighted by Crippen LogP contribution is -2.32. The minimum atomic E-state index is -3.61. The van der Waals surface area contributed by atoms with Crippen LogP contribution in [0.1, 0.15) is 62.5 Å². The molecule has 0 heterocycles. The van der Waals surface area contributed by atoms with Crippen molar-refractivity contribution in [3.63, 3.8) is 0 Å². The zero-order valence-corrected chi connectivity index (χ0v) is 19.6. The summed E-state index contributed by atoms with van der Waals surface area (Å²) in [5.41, 5.74) is 1.25. The van der Waals surface area contributed by atoms with Gasteiger partial charge in [-0.1, -0.05) is 19.9 Å². The Morgan fingerprint density at radius 1 is 1.03 bits per heavy atom. The topological polar surface area (TPSA) is 93.7 Å². The highest BCUT2D eigenvalue weighted by Gasteiger charge is 2.18. The van der Waals surface area contributed by atoms with E-state index < -0.39 is 10.0 Å². The van der Waals surface area contributed by atoms with Crippen LogP contribution < -0.4 is 19.5 Å². The molecule has 31 heavy (non-hydrogen) atoms. The molecule has 8 heteroatoms. The van der Waals surface area contributed by atoms with Gasteiger partial charge in [-0.2, -0.15) is 0 Å². The molecule has 1 amide bonds. The second kappa shape index (κ2) is 11.2. The summed E-state index contributed by atoms with van der Waals surface area (Å²) in [5, 5.41) is 2.93. The van der Waals surface area contributed by atoms with Gasteiger partial charge in [0.15, 0.2) is 11.5 Å². The normalized spacial score (nSPS) is 13.3. The molecule has 0 radical (unpaired) electrons. The van der Waals surface area contributed by atoms with E-state index in [0.29, 0.717) is 30.1 Å². The van der Waals surface area contributed by atoms with Crippen molar-refractivity contribution < 1.29 is 22.7 Å². The molecule has 2 atom stereocenters. The lowest BCUT2D eigenvalue weighted by atomic mass is 10.1. The van der Waals surface area contributed by atoms with Crippen LogP contribution in [-0.4, -0.2) is 34.1 Å². The second-order valence-corrected chi connectivity index (χ2v) is 9.12. The molecular weight excluding hydrogens is 416 g/mol. The lowest BCUT2D eigenvalue weighted by Gasteiger charge is -2.17. The first kappa shape index (κ1) is 24.7. The van der Waals surface area contributed by atoms with Crippen LogP contribution in [0, 0.1) is 0 Å². The molecule has 7 nitrogen and oxygen atoms in total. The van der Waals surface area contributed by atoms with E-state index in [1.807, 2.05) is 39.0 Å². The summed E-state index contributed by atoms with van der Waals surface area (Å²) in [7, 11) is -2.03. The van der Waals surface area contributed by atoms with Gasteiger partial charge in [-0.15, -0.1) is 0 Å². The number of rotatable bonds is 11. The fraction of sp³-hybridized carbons (Fsp3) is 0.435. The van der Waals surface area contributed by atoms with Crippen LogP contribution in [0.25, 0.3) is 0 Å². The van der Waals surface area contributed by atoms with Crippen molar-refractivity contribution in [1.29, 1.82) is 0 Å². The van der Waals surface area contributed by atoms with Crippen LogP contribution in [0.15, 0.2) is 47.4 Å². The molecule has 2 N–H and O–H groups in total. The van der Waals surface area contributed by atoms with E-state index in [0.717, 1.165) is 12.0 Å². The average molecular weight is 449 g/mol. The Hall–Kier alpha value is -2.58. The summed E-state index contributed by atoms with van der Waals surface area (Å²) in [4.78, 5) is 12.8. The molecule has 0 bridgehead atoms. The molecule has 2 aromatic carbocycles. The summed E-state index contributed by atoms with van der Waals surface area (Å²) in [5.74, 6) is 0.974. The summed E-state index contributed by atoms with van der Waals surface area (Å²) in [6.45, 7) is 8.21. The number of hydrogen-bond acceptors (Lipinski definition) is 5. The number of methoxy groups -OCH3 is 1. The Labute approximate surface area is 185 Å². The highest BCUT2D eigenvalue weighted by atomic mass is 32.2. The van der Waals surface area contributed by atoms with Gasteiger partial charge in [-0.3, -0.25) is 4.79 Å². The lowest BCUT2D eigenvalue weighted by molar-refractivity contribution is 0.0939. The van der Waals surface area contributed by atoms with Gasteiger partial charge in [0.2, 0.25) is 10.0 Å². The molecule has 0 aliphatic heterocycles. The van der Waals surface area contributed by atoms with Crippen molar-refractivity contribution in [2.24, 2.45) is 0 Å². The molecule has 0 aliphatic carbocycles. The second-order valence-electron chi connectivity index (χ2n) is 7.41. The number of ether oxygens (including phenoxy) is 2. The van der Waals surface area contributed by atoms with Crippen LogP contribution in [0.2, 0.25) is 0 Å². The van der Waals surface area contributed by atoms with Crippen LogP contribution in [0.4, 0.5) is 0 Å². The van der Waals surface area contributed by atoms with E-state index in [9.17, 15) is 13.2 Å². The average Bonchev–Trinajstić information content (AvgIpc) is 2.77. The van der Waals surface area contributed by atoms with E-state index >= 15 is 0 Å². The third-order valence-corrected chi connectivity index (χ3v) is 6.50. The van der Waals surface area contributed by atoms with Crippen molar-refractivity contribution in [1.82, 2.24) is 10.0 Å². The highest BCUT2D eigenvalue weighted by molar-refractivity contribution is 7.89. The van der Waals surface area contributed by atoms with Crippen LogP contribution in [0.3, 0.4) is 0 Å². The van der Waals surface area contributed by atoms with E-state index in [4.69, 9.17) is 9.47 Å². The van der Waals surface area contributed by atoms with Crippen molar-refractivity contribution in [2.45, 2.75) is 57.5 Å². The summed E-state index contributed by atoms with van der Waals surface area (Å²) >= 11 is 0. The Bertz CT molecular complexity index is 974. The zero-order valence-electron chi connectivity index (χ0n) is 18.8. The summed E-state index contributed by atoms with van der Waals surface area (Å²) in [6.07, 6.45) is 1.58. The van der Waals surface area contributed by atoms with Gasteiger partial charge in [0.1, 0.15) is 0 Å². The Balaban J connectivity index is 2.09. The maximum absolute atomic E-state index is 12.6. The quantitative estimate of drug-likeness (QED) is 0.541. The van der Waals surface area contributed by atoms with Gasteiger partial charge in [0.25, 0.3) is 5.91 Å². The molecule has 0 saturated carbocycles. The van der Waals surface area contributed by atoms with Crippen LogP contribution >= 0.6 is 0 Å². The predicted octanol–water partition coefficient (Wildman–Crippen LogP) is 4.05. The van der Waals surface area contributed by atoms with E-state index in [1.165, 1.54) is 24.3 Å². The fourth-order valence-corrected chi connectivity index (χ4v) is 4.18. The van der Waals surface area contributed by atoms with E-state index in [-0.39, 0.29) is 22.9 Å². The molecule has 0 aliphatic rings. The SMILES string of the molecule is CCCOc1ccc(C(C)NC(=O)c2ccc(S(=O)(=O)NC(C)CC)cc2)cc1OC. The first-order valence-electron chi connectivity index (χ1n) is 10.5. The molecule has 2 aromatic rings. The number of hydrogen-bond donors (Lipinski definition) is 2. The Morgan fingerprint density at radius 2 is 1.71 bits per heavy atom.